The van der Waals surface area contributed by atoms with Crippen LogP contribution in [0.5, 0.6) is 0 Å². The zero-order valence-electron chi connectivity index (χ0n) is 13.2. The Kier molecular flexibility index (Phi) is 4.57. The third kappa shape index (κ3) is 3.68. The van der Waals surface area contributed by atoms with Crippen LogP contribution in [0.15, 0.2) is 54.6 Å². The minimum atomic E-state index is 0.0195. The molecule has 3 rings (SSSR count). The number of para-hydroxylation sites is 3. The summed E-state index contributed by atoms with van der Waals surface area (Å²) in [6.07, 6.45) is 0. The average Bonchev–Trinajstić information content (AvgIpc) is 2.97. The zero-order valence-corrected chi connectivity index (χ0v) is 14.0. The molecule has 0 radical (unpaired) electrons. The van der Waals surface area contributed by atoms with Crippen LogP contribution in [-0.4, -0.2) is 15.1 Å². The fourth-order valence-corrected chi connectivity index (χ4v) is 2.75. The first kappa shape index (κ1) is 15.5. The van der Waals surface area contributed by atoms with E-state index >= 15 is 0 Å². The maximum absolute atomic E-state index is 5.45. The van der Waals surface area contributed by atoms with Gasteiger partial charge in [0.1, 0.15) is 5.82 Å². The normalized spacial score (nSPS) is 12.3. The van der Waals surface area contributed by atoms with Crippen LogP contribution in [0.25, 0.3) is 11.0 Å². The van der Waals surface area contributed by atoms with Crippen molar-refractivity contribution in [1.82, 2.24) is 15.3 Å². The Morgan fingerprint density at radius 1 is 1.04 bits per heavy atom. The number of hydrogen-bond acceptors (Lipinski definition) is 2. The molecule has 4 nitrogen and oxygen atoms in total. The molecule has 0 aliphatic carbocycles. The van der Waals surface area contributed by atoms with Crippen LogP contribution in [0.1, 0.15) is 25.7 Å². The molecule has 0 aliphatic rings. The number of benzene rings is 2. The summed E-state index contributed by atoms with van der Waals surface area (Å²) in [4.78, 5) is 8.07. The van der Waals surface area contributed by atoms with E-state index in [2.05, 4.69) is 34.4 Å². The van der Waals surface area contributed by atoms with Gasteiger partial charge in [-0.05, 0) is 42.4 Å². The topological polar surface area (TPSA) is 52.7 Å². The monoisotopic (exact) mass is 324 g/mol. The Bertz CT molecular complexity index is 762. The molecule has 0 fully saturated rings. The van der Waals surface area contributed by atoms with E-state index < -0.39 is 0 Å². The van der Waals surface area contributed by atoms with E-state index in [1.54, 1.807) is 0 Å². The Hall–Kier alpha value is -2.40. The van der Waals surface area contributed by atoms with Gasteiger partial charge in [0.25, 0.3) is 0 Å². The Morgan fingerprint density at radius 3 is 2.43 bits per heavy atom. The third-order valence-corrected chi connectivity index (χ3v) is 3.91. The molecule has 0 saturated carbocycles. The Morgan fingerprint density at radius 2 is 1.74 bits per heavy atom. The standard InChI is InChI=1S/C18H20N4S/c1-12(2)16(17-20-14-10-6-7-11-15(14)21-17)22-18(23)19-13-8-4-3-5-9-13/h3-12,16H,1-2H3,(H,20,21)(H2,19,22,23)/t16-/m0/s1. The lowest BCUT2D eigenvalue weighted by atomic mass is 10.0. The number of rotatable bonds is 4. The van der Waals surface area contributed by atoms with Crippen molar-refractivity contribution in [3.05, 3.63) is 60.4 Å². The minimum Gasteiger partial charge on any atom is -0.352 e. The van der Waals surface area contributed by atoms with Crippen LogP contribution in [0.3, 0.4) is 0 Å². The molecular weight excluding hydrogens is 304 g/mol. The number of hydrogen-bond donors (Lipinski definition) is 3. The molecule has 2 aromatic carbocycles. The van der Waals surface area contributed by atoms with E-state index in [0.717, 1.165) is 22.5 Å². The van der Waals surface area contributed by atoms with Gasteiger partial charge in [-0.3, -0.25) is 0 Å². The molecule has 1 aromatic heterocycles. The van der Waals surface area contributed by atoms with Gasteiger partial charge in [-0.2, -0.15) is 0 Å². The van der Waals surface area contributed by atoms with E-state index in [0.29, 0.717) is 11.0 Å². The molecule has 0 amide bonds. The summed E-state index contributed by atoms with van der Waals surface area (Å²) in [5.41, 5.74) is 2.98. The van der Waals surface area contributed by atoms with Crippen molar-refractivity contribution in [1.29, 1.82) is 0 Å². The van der Waals surface area contributed by atoms with Crippen LogP contribution in [0.2, 0.25) is 0 Å². The third-order valence-electron chi connectivity index (χ3n) is 3.69. The summed E-state index contributed by atoms with van der Waals surface area (Å²) in [6, 6.07) is 18.0. The fourth-order valence-electron chi connectivity index (χ4n) is 2.50. The highest BCUT2D eigenvalue weighted by atomic mass is 32.1. The van der Waals surface area contributed by atoms with Crippen LogP contribution < -0.4 is 10.6 Å². The second-order valence-electron chi connectivity index (χ2n) is 5.83. The number of thiocarbonyl (C=S) groups is 1. The van der Waals surface area contributed by atoms with Gasteiger partial charge < -0.3 is 15.6 Å². The van der Waals surface area contributed by atoms with Crippen molar-refractivity contribution < 1.29 is 0 Å². The van der Waals surface area contributed by atoms with E-state index in [9.17, 15) is 0 Å². The van der Waals surface area contributed by atoms with Crippen molar-refractivity contribution in [3.8, 4) is 0 Å². The van der Waals surface area contributed by atoms with Gasteiger partial charge in [0.05, 0.1) is 17.1 Å². The van der Waals surface area contributed by atoms with E-state index in [-0.39, 0.29) is 6.04 Å². The minimum absolute atomic E-state index is 0.0195. The first-order chi connectivity index (χ1) is 11.1. The summed E-state index contributed by atoms with van der Waals surface area (Å²) in [5.74, 6) is 1.24. The highest BCUT2D eigenvalue weighted by Gasteiger charge is 2.20. The molecule has 0 saturated heterocycles. The number of nitrogens with one attached hydrogen (secondary N) is 3. The number of fused-ring (bicyclic) bond motifs is 1. The van der Waals surface area contributed by atoms with Gasteiger partial charge in [0, 0.05) is 5.69 Å². The van der Waals surface area contributed by atoms with Crippen molar-refractivity contribution in [3.63, 3.8) is 0 Å². The highest BCUT2D eigenvalue weighted by molar-refractivity contribution is 7.80. The number of nitrogens with zero attached hydrogens (tertiary/aromatic N) is 1. The number of anilines is 1. The summed E-state index contributed by atoms with van der Waals surface area (Å²) < 4.78 is 0. The maximum atomic E-state index is 5.45. The number of aromatic nitrogens is 2. The fraction of sp³-hybridized carbons (Fsp3) is 0.222. The lowest BCUT2D eigenvalue weighted by Gasteiger charge is -2.22. The van der Waals surface area contributed by atoms with Crippen molar-refractivity contribution >= 4 is 34.1 Å². The first-order valence-corrected chi connectivity index (χ1v) is 8.11. The van der Waals surface area contributed by atoms with E-state index in [1.165, 1.54) is 0 Å². The lowest BCUT2D eigenvalue weighted by molar-refractivity contribution is 0.455. The van der Waals surface area contributed by atoms with E-state index in [4.69, 9.17) is 12.2 Å². The van der Waals surface area contributed by atoms with Gasteiger partial charge in [-0.25, -0.2) is 4.98 Å². The van der Waals surface area contributed by atoms with Crippen molar-refractivity contribution in [2.24, 2.45) is 5.92 Å². The van der Waals surface area contributed by atoms with Crippen molar-refractivity contribution in [2.75, 3.05) is 5.32 Å². The molecule has 0 bridgehead atoms. The van der Waals surface area contributed by atoms with Crippen LogP contribution in [0, 0.1) is 5.92 Å². The Labute approximate surface area is 141 Å². The predicted octanol–water partition coefficient (Wildman–Crippen LogP) is 4.25. The molecular formula is C18H20N4S. The molecule has 0 unspecified atom stereocenters. The Balaban J connectivity index is 1.77. The van der Waals surface area contributed by atoms with Crippen molar-refractivity contribution in [2.45, 2.75) is 19.9 Å². The summed E-state index contributed by atoms with van der Waals surface area (Å²) >= 11 is 5.45. The van der Waals surface area contributed by atoms with Gasteiger partial charge in [0.15, 0.2) is 5.11 Å². The SMILES string of the molecule is CC(C)[C@H](NC(=S)Nc1ccccc1)c1nc2ccccc2[nH]1. The first-order valence-electron chi connectivity index (χ1n) is 7.70. The van der Waals surface area contributed by atoms with Crippen LogP contribution in [-0.2, 0) is 0 Å². The number of imidazole rings is 1. The predicted molar refractivity (Wildman–Crippen MR) is 99.5 cm³/mol. The molecule has 1 atom stereocenters. The maximum Gasteiger partial charge on any atom is 0.171 e. The second kappa shape index (κ2) is 6.79. The second-order valence-corrected chi connectivity index (χ2v) is 6.23. The summed E-state index contributed by atoms with van der Waals surface area (Å²) in [5, 5.41) is 7.17. The molecule has 0 aliphatic heterocycles. The highest BCUT2D eigenvalue weighted by Crippen LogP contribution is 2.22. The lowest BCUT2D eigenvalue weighted by Crippen LogP contribution is -2.35. The van der Waals surface area contributed by atoms with Gasteiger partial charge in [-0.1, -0.05) is 44.2 Å². The largest absolute Gasteiger partial charge is 0.352 e. The van der Waals surface area contributed by atoms with E-state index in [1.807, 2.05) is 54.6 Å². The molecule has 0 spiro atoms. The molecule has 5 heteroatoms. The van der Waals surface area contributed by atoms with Gasteiger partial charge >= 0.3 is 0 Å². The molecule has 3 N–H and O–H groups in total. The van der Waals surface area contributed by atoms with Crippen LogP contribution >= 0.6 is 12.2 Å². The quantitative estimate of drug-likeness (QED) is 0.628. The zero-order chi connectivity index (χ0) is 16.2. The smallest absolute Gasteiger partial charge is 0.171 e. The molecule has 23 heavy (non-hydrogen) atoms. The molecule has 118 valence electrons. The summed E-state index contributed by atoms with van der Waals surface area (Å²) in [7, 11) is 0. The van der Waals surface area contributed by atoms with Crippen LogP contribution in [0.4, 0.5) is 5.69 Å². The summed E-state index contributed by atoms with van der Waals surface area (Å²) in [6.45, 7) is 4.30. The van der Waals surface area contributed by atoms with Gasteiger partial charge in [0.2, 0.25) is 0 Å². The van der Waals surface area contributed by atoms with Gasteiger partial charge in [-0.15, -0.1) is 0 Å². The number of H-pyrrole nitrogens is 1. The number of aromatic amines is 1. The average molecular weight is 324 g/mol. The molecule has 3 aromatic rings. The molecule has 1 heterocycles.